The van der Waals surface area contributed by atoms with E-state index in [1.165, 1.54) is 6.08 Å². The van der Waals surface area contributed by atoms with Crippen LogP contribution in [0, 0.1) is 13.8 Å². The molecule has 1 saturated heterocycles. The number of carbonyl (C=O) groups is 4. The Hall–Kier alpha value is -3.98. The molecule has 0 atom stereocenters. The molecule has 9 heteroatoms. The van der Waals surface area contributed by atoms with Crippen LogP contribution in [0.4, 0.5) is 10.5 Å². The average Bonchev–Trinajstić information content (AvgIpc) is 3.05. The Morgan fingerprint density at radius 2 is 1.58 bits per heavy atom. The number of imide groups is 2. The molecule has 33 heavy (non-hydrogen) atoms. The summed E-state index contributed by atoms with van der Waals surface area (Å²) in [4.78, 5) is 50.3. The Morgan fingerprint density at radius 1 is 0.970 bits per heavy atom. The fourth-order valence-corrected chi connectivity index (χ4v) is 4.01. The van der Waals surface area contributed by atoms with Crippen molar-refractivity contribution in [3.05, 3.63) is 87.2 Å². The summed E-state index contributed by atoms with van der Waals surface area (Å²) in [6, 6.07) is 14.5. The van der Waals surface area contributed by atoms with Crippen LogP contribution in [-0.2, 0) is 9.59 Å². The Bertz CT molecular complexity index is 1340. The van der Waals surface area contributed by atoms with Gasteiger partial charge in [-0.2, -0.15) is 0 Å². The molecule has 0 spiro atoms. The molecule has 4 rings (SSSR count). The number of nitrogens with one attached hydrogen (secondary N) is 1. The molecule has 0 aliphatic carbocycles. The Balaban J connectivity index is 1.73. The number of primary amides is 1. The average molecular weight is 507 g/mol. The number of hydrogen-bond donors (Lipinski definition) is 2. The Morgan fingerprint density at radius 3 is 2.18 bits per heavy atom. The summed E-state index contributed by atoms with van der Waals surface area (Å²) in [5.41, 5.74) is 8.98. The molecule has 5 amide bonds. The van der Waals surface area contributed by atoms with Crippen molar-refractivity contribution in [3.8, 4) is 5.69 Å². The van der Waals surface area contributed by atoms with Crippen LogP contribution in [-0.4, -0.2) is 28.3 Å². The van der Waals surface area contributed by atoms with Gasteiger partial charge >= 0.3 is 6.03 Å². The molecule has 8 nitrogen and oxygen atoms in total. The zero-order chi connectivity index (χ0) is 23.9. The number of anilines is 1. The Labute approximate surface area is 197 Å². The summed E-state index contributed by atoms with van der Waals surface area (Å²) in [7, 11) is 0. The zero-order valence-corrected chi connectivity index (χ0v) is 19.3. The topological polar surface area (TPSA) is 114 Å². The lowest BCUT2D eigenvalue weighted by atomic mass is 10.1. The van der Waals surface area contributed by atoms with E-state index in [-0.39, 0.29) is 5.57 Å². The van der Waals surface area contributed by atoms with E-state index in [4.69, 9.17) is 5.73 Å². The molecular weight excluding hydrogens is 488 g/mol. The molecule has 1 aromatic heterocycles. The van der Waals surface area contributed by atoms with Crippen LogP contribution < -0.4 is 16.0 Å². The van der Waals surface area contributed by atoms with Gasteiger partial charge in [0.2, 0.25) is 5.91 Å². The first-order valence-corrected chi connectivity index (χ1v) is 10.7. The van der Waals surface area contributed by atoms with Gasteiger partial charge in [0.15, 0.2) is 0 Å². The van der Waals surface area contributed by atoms with Crippen molar-refractivity contribution in [2.75, 3.05) is 4.90 Å². The molecule has 0 saturated carbocycles. The second kappa shape index (κ2) is 8.51. The molecule has 0 unspecified atom stereocenters. The fourth-order valence-electron chi connectivity index (χ4n) is 3.74. The molecule has 1 fully saturated rings. The van der Waals surface area contributed by atoms with Gasteiger partial charge in [0.25, 0.3) is 11.8 Å². The van der Waals surface area contributed by atoms with Gasteiger partial charge in [0, 0.05) is 27.1 Å². The standard InChI is InChI=1S/C24H19BrN4O4/c1-13-11-16(14(2)28(13)18-7-3-15(4-8-18)21(26)30)12-20-22(31)27-24(33)29(23(20)32)19-9-5-17(25)6-10-19/h3-12H,1-2H3,(H2,26,30)(H,27,31,33)/b20-12+. The molecular formula is C24H19BrN4O4. The normalized spacial score (nSPS) is 15.2. The van der Waals surface area contributed by atoms with Crippen molar-refractivity contribution in [1.29, 1.82) is 0 Å². The molecule has 3 aromatic rings. The molecule has 0 radical (unpaired) electrons. The maximum absolute atomic E-state index is 13.1. The highest BCUT2D eigenvalue weighted by molar-refractivity contribution is 9.10. The highest BCUT2D eigenvalue weighted by Gasteiger charge is 2.37. The minimum absolute atomic E-state index is 0.151. The van der Waals surface area contributed by atoms with Crippen molar-refractivity contribution in [3.63, 3.8) is 0 Å². The zero-order valence-electron chi connectivity index (χ0n) is 17.8. The van der Waals surface area contributed by atoms with E-state index in [2.05, 4.69) is 21.2 Å². The summed E-state index contributed by atoms with van der Waals surface area (Å²) in [5.74, 6) is -1.98. The lowest BCUT2D eigenvalue weighted by molar-refractivity contribution is -0.122. The van der Waals surface area contributed by atoms with Gasteiger partial charge in [-0.1, -0.05) is 15.9 Å². The number of benzene rings is 2. The third kappa shape index (κ3) is 4.10. The van der Waals surface area contributed by atoms with E-state index in [1.807, 2.05) is 24.5 Å². The predicted octanol–water partition coefficient (Wildman–Crippen LogP) is 3.62. The van der Waals surface area contributed by atoms with Gasteiger partial charge in [-0.3, -0.25) is 19.7 Å². The van der Waals surface area contributed by atoms with Crippen LogP contribution in [0.2, 0.25) is 0 Å². The summed E-state index contributed by atoms with van der Waals surface area (Å²) in [6.45, 7) is 3.74. The number of amides is 5. The van der Waals surface area contributed by atoms with E-state index in [1.54, 1.807) is 48.5 Å². The van der Waals surface area contributed by atoms with Crippen LogP contribution in [0.25, 0.3) is 11.8 Å². The van der Waals surface area contributed by atoms with E-state index >= 15 is 0 Å². The quantitative estimate of drug-likeness (QED) is 0.415. The summed E-state index contributed by atoms with van der Waals surface area (Å²) in [5, 5.41) is 2.23. The van der Waals surface area contributed by atoms with Gasteiger partial charge in [-0.05, 0) is 80.1 Å². The number of urea groups is 1. The fraction of sp³-hybridized carbons (Fsp3) is 0.0833. The summed E-state index contributed by atoms with van der Waals surface area (Å²) < 4.78 is 2.72. The van der Waals surface area contributed by atoms with Gasteiger partial charge in [-0.25, -0.2) is 9.69 Å². The molecule has 166 valence electrons. The van der Waals surface area contributed by atoms with Gasteiger partial charge in [0.05, 0.1) is 5.69 Å². The summed E-state index contributed by atoms with van der Waals surface area (Å²) >= 11 is 3.32. The van der Waals surface area contributed by atoms with Crippen molar-refractivity contribution in [2.24, 2.45) is 5.73 Å². The van der Waals surface area contributed by atoms with Crippen molar-refractivity contribution < 1.29 is 19.2 Å². The number of barbiturate groups is 1. The number of aryl methyl sites for hydroxylation is 1. The number of nitrogens with two attached hydrogens (primary N) is 1. The highest BCUT2D eigenvalue weighted by Crippen LogP contribution is 2.27. The van der Waals surface area contributed by atoms with Gasteiger partial charge < -0.3 is 10.3 Å². The Kier molecular flexibility index (Phi) is 5.73. The maximum Gasteiger partial charge on any atom is 0.335 e. The van der Waals surface area contributed by atoms with Crippen molar-refractivity contribution in [2.45, 2.75) is 13.8 Å². The van der Waals surface area contributed by atoms with E-state index in [0.717, 1.165) is 26.4 Å². The first kappa shape index (κ1) is 22.2. The van der Waals surface area contributed by atoms with Crippen LogP contribution in [0.5, 0.6) is 0 Å². The third-order valence-electron chi connectivity index (χ3n) is 5.37. The first-order chi connectivity index (χ1) is 15.7. The number of halogens is 1. The third-order valence-corrected chi connectivity index (χ3v) is 5.90. The SMILES string of the molecule is Cc1cc(/C=C2\C(=O)NC(=O)N(c3ccc(Br)cc3)C2=O)c(C)n1-c1ccc(C(N)=O)cc1. The van der Waals surface area contributed by atoms with Crippen LogP contribution >= 0.6 is 15.9 Å². The van der Waals surface area contributed by atoms with Gasteiger partial charge in [0.1, 0.15) is 5.57 Å². The highest BCUT2D eigenvalue weighted by atomic mass is 79.9. The number of rotatable bonds is 4. The predicted molar refractivity (Wildman–Crippen MR) is 127 cm³/mol. The second-order valence-corrected chi connectivity index (χ2v) is 8.42. The van der Waals surface area contributed by atoms with Crippen LogP contribution in [0.3, 0.4) is 0 Å². The summed E-state index contributed by atoms with van der Waals surface area (Å²) in [6.07, 6.45) is 1.48. The molecule has 2 heterocycles. The first-order valence-electron chi connectivity index (χ1n) is 9.93. The number of aromatic nitrogens is 1. The second-order valence-electron chi connectivity index (χ2n) is 7.51. The van der Waals surface area contributed by atoms with E-state index in [9.17, 15) is 19.2 Å². The van der Waals surface area contributed by atoms with Crippen molar-refractivity contribution >= 4 is 51.4 Å². The molecule has 1 aliphatic heterocycles. The van der Waals surface area contributed by atoms with E-state index in [0.29, 0.717) is 16.8 Å². The molecule has 3 N–H and O–H groups in total. The van der Waals surface area contributed by atoms with Gasteiger partial charge in [-0.15, -0.1) is 0 Å². The van der Waals surface area contributed by atoms with Crippen LogP contribution in [0.1, 0.15) is 27.3 Å². The van der Waals surface area contributed by atoms with E-state index < -0.39 is 23.8 Å². The number of nitrogens with zero attached hydrogens (tertiary/aromatic N) is 2. The lowest BCUT2D eigenvalue weighted by Gasteiger charge is -2.26. The minimum Gasteiger partial charge on any atom is -0.366 e. The monoisotopic (exact) mass is 506 g/mol. The largest absolute Gasteiger partial charge is 0.366 e. The molecule has 1 aliphatic rings. The van der Waals surface area contributed by atoms with Crippen LogP contribution in [0.15, 0.2) is 64.6 Å². The lowest BCUT2D eigenvalue weighted by Crippen LogP contribution is -2.54. The maximum atomic E-state index is 13.1. The number of carbonyl (C=O) groups excluding carboxylic acids is 4. The number of hydrogen-bond acceptors (Lipinski definition) is 4. The smallest absolute Gasteiger partial charge is 0.335 e. The van der Waals surface area contributed by atoms with Crippen molar-refractivity contribution in [1.82, 2.24) is 9.88 Å². The molecule has 0 bridgehead atoms. The molecule has 2 aromatic carbocycles. The minimum atomic E-state index is -0.801.